The number of aliphatic carboxylic acids is 1. The van der Waals surface area contributed by atoms with Crippen LogP contribution >= 0.6 is 0 Å². The summed E-state index contributed by atoms with van der Waals surface area (Å²) in [5, 5.41) is 8.77. The van der Waals surface area contributed by atoms with Crippen LogP contribution in [0.15, 0.2) is 35.2 Å². The van der Waals surface area contributed by atoms with Crippen LogP contribution in [0.4, 0.5) is 0 Å². The van der Waals surface area contributed by atoms with E-state index in [9.17, 15) is 13.2 Å². The Kier molecular flexibility index (Phi) is 6.16. The normalized spacial score (nSPS) is 14.7. The number of hydrogen-bond acceptors (Lipinski definition) is 3. The van der Waals surface area contributed by atoms with E-state index < -0.39 is 21.9 Å². The van der Waals surface area contributed by atoms with Gasteiger partial charge in [0.1, 0.15) is 0 Å². The van der Waals surface area contributed by atoms with Gasteiger partial charge in [0, 0.05) is 6.04 Å². The maximum Gasteiger partial charge on any atom is 0.306 e. The van der Waals surface area contributed by atoms with E-state index in [1.807, 2.05) is 0 Å². The second-order valence-electron chi connectivity index (χ2n) is 5.01. The molecule has 0 bridgehead atoms. The molecule has 20 heavy (non-hydrogen) atoms. The van der Waals surface area contributed by atoms with Crippen LogP contribution in [-0.4, -0.2) is 25.5 Å². The van der Waals surface area contributed by atoms with Crippen molar-refractivity contribution in [3.05, 3.63) is 30.3 Å². The first-order chi connectivity index (χ1) is 9.33. The van der Waals surface area contributed by atoms with Crippen molar-refractivity contribution in [3.63, 3.8) is 0 Å². The standard InChI is InChI=1S/C14H21NO4S/c1-11(14(16)17)7-6-8-12(2)15-20(18,19)13-9-4-3-5-10-13/h3-5,9-12,15H,6-8H2,1-2H3,(H,16,17). The van der Waals surface area contributed by atoms with Crippen LogP contribution in [-0.2, 0) is 14.8 Å². The molecule has 5 nitrogen and oxygen atoms in total. The predicted octanol–water partition coefficient (Wildman–Crippen LogP) is 2.24. The summed E-state index contributed by atoms with van der Waals surface area (Å²) in [6, 6.07) is 7.97. The molecule has 0 amide bonds. The molecule has 112 valence electrons. The highest BCUT2D eigenvalue weighted by molar-refractivity contribution is 7.89. The summed E-state index contributed by atoms with van der Waals surface area (Å²) in [5.74, 6) is -1.21. The predicted molar refractivity (Wildman–Crippen MR) is 76.9 cm³/mol. The fourth-order valence-corrected chi connectivity index (χ4v) is 3.14. The molecule has 2 unspecified atom stereocenters. The smallest absolute Gasteiger partial charge is 0.306 e. The number of rotatable bonds is 8. The van der Waals surface area contributed by atoms with Gasteiger partial charge in [-0.3, -0.25) is 4.79 Å². The molecule has 0 spiro atoms. The van der Waals surface area contributed by atoms with Crippen molar-refractivity contribution in [3.8, 4) is 0 Å². The summed E-state index contributed by atoms with van der Waals surface area (Å²) in [5.41, 5.74) is 0. The van der Waals surface area contributed by atoms with E-state index in [4.69, 9.17) is 5.11 Å². The maximum atomic E-state index is 12.0. The van der Waals surface area contributed by atoms with Crippen LogP contribution < -0.4 is 4.72 Å². The second-order valence-corrected chi connectivity index (χ2v) is 6.72. The van der Waals surface area contributed by atoms with Gasteiger partial charge in [-0.1, -0.05) is 31.5 Å². The number of sulfonamides is 1. The largest absolute Gasteiger partial charge is 0.481 e. The van der Waals surface area contributed by atoms with Crippen LogP contribution in [0.5, 0.6) is 0 Å². The average molecular weight is 299 g/mol. The molecule has 0 saturated carbocycles. The van der Waals surface area contributed by atoms with Crippen LogP contribution in [0.1, 0.15) is 33.1 Å². The lowest BCUT2D eigenvalue weighted by molar-refractivity contribution is -0.141. The number of hydrogen-bond donors (Lipinski definition) is 2. The summed E-state index contributed by atoms with van der Waals surface area (Å²) in [7, 11) is -3.49. The van der Waals surface area contributed by atoms with E-state index in [0.29, 0.717) is 19.3 Å². The van der Waals surface area contributed by atoms with Gasteiger partial charge in [0.25, 0.3) is 0 Å². The fraction of sp³-hybridized carbons (Fsp3) is 0.500. The number of carboxylic acid groups (broad SMARTS) is 1. The minimum absolute atomic E-state index is 0.221. The van der Waals surface area contributed by atoms with Crippen LogP contribution in [0, 0.1) is 5.92 Å². The first kappa shape index (κ1) is 16.7. The third-order valence-corrected chi connectivity index (χ3v) is 4.71. The molecule has 0 aromatic heterocycles. The van der Waals surface area contributed by atoms with E-state index in [2.05, 4.69) is 4.72 Å². The van der Waals surface area contributed by atoms with Gasteiger partial charge >= 0.3 is 5.97 Å². The topological polar surface area (TPSA) is 83.5 Å². The summed E-state index contributed by atoms with van der Waals surface area (Å²) in [6.07, 6.45) is 1.84. The minimum atomic E-state index is -3.49. The summed E-state index contributed by atoms with van der Waals surface area (Å²) >= 11 is 0. The van der Waals surface area contributed by atoms with Gasteiger partial charge in [0.2, 0.25) is 10.0 Å². The Morgan fingerprint density at radius 1 is 1.20 bits per heavy atom. The van der Waals surface area contributed by atoms with Gasteiger partial charge in [-0.2, -0.15) is 0 Å². The zero-order valence-corrected chi connectivity index (χ0v) is 12.6. The molecule has 6 heteroatoms. The van der Waals surface area contributed by atoms with Crippen LogP contribution in [0.25, 0.3) is 0 Å². The van der Waals surface area contributed by atoms with Crippen molar-refractivity contribution in [2.75, 3.05) is 0 Å². The molecule has 0 heterocycles. The number of benzene rings is 1. The van der Waals surface area contributed by atoms with E-state index in [1.165, 1.54) is 0 Å². The van der Waals surface area contributed by atoms with Crippen molar-refractivity contribution in [1.82, 2.24) is 4.72 Å². The first-order valence-corrected chi connectivity index (χ1v) is 8.11. The molecule has 0 saturated heterocycles. The van der Waals surface area contributed by atoms with Crippen LogP contribution in [0.3, 0.4) is 0 Å². The van der Waals surface area contributed by atoms with Gasteiger partial charge in [-0.25, -0.2) is 13.1 Å². The molecule has 0 aliphatic heterocycles. The quantitative estimate of drug-likeness (QED) is 0.771. The summed E-state index contributed by atoms with van der Waals surface area (Å²) in [4.78, 5) is 10.9. The molecular weight excluding hydrogens is 278 g/mol. The third kappa shape index (κ3) is 5.30. The zero-order chi connectivity index (χ0) is 15.2. The van der Waals surface area contributed by atoms with E-state index in [1.54, 1.807) is 44.2 Å². The Morgan fingerprint density at radius 2 is 1.80 bits per heavy atom. The first-order valence-electron chi connectivity index (χ1n) is 6.63. The zero-order valence-electron chi connectivity index (χ0n) is 11.7. The lowest BCUT2D eigenvalue weighted by Gasteiger charge is -2.14. The molecular formula is C14H21NO4S. The van der Waals surface area contributed by atoms with E-state index in [-0.39, 0.29) is 10.9 Å². The van der Waals surface area contributed by atoms with Crippen molar-refractivity contribution < 1.29 is 18.3 Å². The molecule has 1 aromatic rings. The number of nitrogens with one attached hydrogen (secondary N) is 1. The van der Waals surface area contributed by atoms with E-state index in [0.717, 1.165) is 0 Å². The molecule has 2 atom stereocenters. The third-order valence-electron chi connectivity index (χ3n) is 3.11. The highest BCUT2D eigenvalue weighted by Gasteiger charge is 2.17. The Hall–Kier alpha value is -1.40. The Labute approximate surface area is 120 Å². The van der Waals surface area contributed by atoms with E-state index >= 15 is 0 Å². The number of carbonyl (C=O) groups is 1. The Morgan fingerprint density at radius 3 is 2.35 bits per heavy atom. The molecule has 1 aromatic carbocycles. The monoisotopic (exact) mass is 299 g/mol. The molecule has 0 aliphatic carbocycles. The van der Waals surface area contributed by atoms with Crippen molar-refractivity contribution in [1.29, 1.82) is 0 Å². The SMILES string of the molecule is CC(CCCC(C)C(=O)O)NS(=O)(=O)c1ccccc1. The number of carboxylic acids is 1. The highest BCUT2D eigenvalue weighted by atomic mass is 32.2. The Bertz CT molecular complexity index is 527. The van der Waals surface area contributed by atoms with Crippen molar-refractivity contribution >= 4 is 16.0 Å². The Balaban J connectivity index is 2.46. The molecule has 0 radical (unpaired) electrons. The summed E-state index contributed by atoms with van der Waals surface area (Å²) < 4.78 is 26.7. The lowest BCUT2D eigenvalue weighted by atomic mass is 10.0. The van der Waals surface area contributed by atoms with Crippen molar-refractivity contribution in [2.24, 2.45) is 5.92 Å². The fourth-order valence-electron chi connectivity index (χ4n) is 1.85. The van der Waals surface area contributed by atoms with Crippen molar-refractivity contribution in [2.45, 2.75) is 44.0 Å². The van der Waals surface area contributed by atoms with Gasteiger partial charge < -0.3 is 5.11 Å². The molecule has 0 aliphatic rings. The summed E-state index contributed by atoms with van der Waals surface area (Å²) in [6.45, 7) is 3.44. The van der Waals surface area contributed by atoms with Gasteiger partial charge in [0.15, 0.2) is 0 Å². The van der Waals surface area contributed by atoms with Gasteiger partial charge in [-0.05, 0) is 31.9 Å². The lowest BCUT2D eigenvalue weighted by Crippen LogP contribution is -2.32. The molecule has 1 rings (SSSR count). The maximum absolute atomic E-state index is 12.0. The van der Waals surface area contributed by atoms with Gasteiger partial charge in [-0.15, -0.1) is 0 Å². The van der Waals surface area contributed by atoms with Gasteiger partial charge in [0.05, 0.1) is 10.8 Å². The molecule has 2 N–H and O–H groups in total. The molecule has 0 fully saturated rings. The highest BCUT2D eigenvalue weighted by Crippen LogP contribution is 2.12. The minimum Gasteiger partial charge on any atom is -0.481 e. The average Bonchev–Trinajstić information content (AvgIpc) is 2.39. The van der Waals surface area contributed by atoms with Crippen LogP contribution in [0.2, 0.25) is 0 Å². The second kappa shape index (κ2) is 7.40.